The zero-order valence-corrected chi connectivity index (χ0v) is 12.5. The molecule has 1 saturated heterocycles. The number of likely N-dealkylation sites (tertiary alicyclic amines) is 1. The van der Waals surface area contributed by atoms with Gasteiger partial charge in [0.05, 0.1) is 5.92 Å². The smallest absolute Gasteiger partial charge is 0.253 e. The molecule has 0 bridgehead atoms. The molecule has 1 aromatic carbocycles. The van der Waals surface area contributed by atoms with E-state index in [1.165, 1.54) is 0 Å². The van der Waals surface area contributed by atoms with Crippen molar-refractivity contribution < 1.29 is 9.32 Å². The third kappa shape index (κ3) is 2.68. The van der Waals surface area contributed by atoms with Gasteiger partial charge in [0.2, 0.25) is 5.89 Å². The predicted octanol–water partition coefficient (Wildman–Crippen LogP) is 2.74. The van der Waals surface area contributed by atoms with Crippen LogP contribution in [0.2, 0.25) is 0 Å². The molecule has 0 spiro atoms. The Bertz CT molecular complexity index is 640. The molecule has 0 saturated carbocycles. The molecular weight excluding hydrogens is 266 g/mol. The minimum Gasteiger partial charge on any atom is -0.339 e. The molecule has 3 rings (SSSR count). The predicted molar refractivity (Wildman–Crippen MR) is 78.2 cm³/mol. The second kappa shape index (κ2) is 5.31. The van der Waals surface area contributed by atoms with Gasteiger partial charge in [-0.1, -0.05) is 36.7 Å². The summed E-state index contributed by atoms with van der Waals surface area (Å²) in [5.74, 6) is 1.86. The standard InChI is InChI=1S/C16H19N3O2/c1-10(2)14-17-15(21-18-14)13-8-19(9-13)16(20)12-6-4-11(3)5-7-12/h4-7,10,13H,8-9H2,1-3H3. The zero-order chi connectivity index (χ0) is 15.0. The first-order valence-electron chi connectivity index (χ1n) is 7.24. The summed E-state index contributed by atoms with van der Waals surface area (Å²) < 4.78 is 5.28. The lowest BCUT2D eigenvalue weighted by atomic mass is 9.98. The number of aryl methyl sites for hydroxylation is 1. The van der Waals surface area contributed by atoms with Crippen LogP contribution in [0, 0.1) is 6.92 Å². The first-order chi connectivity index (χ1) is 10.0. The van der Waals surface area contributed by atoms with Gasteiger partial charge in [0.25, 0.3) is 5.91 Å². The summed E-state index contributed by atoms with van der Waals surface area (Å²) in [6, 6.07) is 7.65. The molecule has 5 heteroatoms. The highest BCUT2D eigenvalue weighted by Crippen LogP contribution is 2.28. The normalized spacial score (nSPS) is 15.3. The number of carbonyl (C=O) groups excluding carboxylic acids is 1. The summed E-state index contributed by atoms with van der Waals surface area (Å²) in [6.45, 7) is 7.36. The van der Waals surface area contributed by atoms with Gasteiger partial charge in [-0.25, -0.2) is 0 Å². The quantitative estimate of drug-likeness (QED) is 0.870. The van der Waals surface area contributed by atoms with Gasteiger partial charge in [-0.15, -0.1) is 0 Å². The molecule has 0 aliphatic carbocycles. The number of carbonyl (C=O) groups is 1. The van der Waals surface area contributed by atoms with Gasteiger partial charge in [-0.05, 0) is 19.1 Å². The highest BCUT2D eigenvalue weighted by molar-refractivity contribution is 5.94. The third-order valence-electron chi connectivity index (χ3n) is 3.79. The van der Waals surface area contributed by atoms with Crippen LogP contribution in [0.25, 0.3) is 0 Å². The first kappa shape index (κ1) is 13.8. The van der Waals surface area contributed by atoms with Crippen LogP contribution in [0.15, 0.2) is 28.8 Å². The molecule has 0 radical (unpaired) electrons. The molecule has 1 aliphatic heterocycles. The Morgan fingerprint density at radius 3 is 2.52 bits per heavy atom. The zero-order valence-electron chi connectivity index (χ0n) is 12.5. The van der Waals surface area contributed by atoms with E-state index in [0.29, 0.717) is 19.0 Å². The van der Waals surface area contributed by atoms with Crippen LogP contribution in [0.1, 0.15) is 53.3 Å². The molecule has 1 aromatic heterocycles. The van der Waals surface area contributed by atoms with Crippen molar-refractivity contribution in [3.8, 4) is 0 Å². The van der Waals surface area contributed by atoms with Gasteiger partial charge >= 0.3 is 0 Å². The molecule has 1 aliphatic rings. The van der Waals surface area contributed by atoms with Crippen molar-refractivity contribution in [2.45, 2.75) is 32.6 Å². The number of hydrogen-bond donors (Lipinski definition) is 0. The maximum Gasteiger partial charge on any atom is 0.253 e. The van der Waals surface area contributed by atoms with Gasteiger partial charge < -0.3 is 9.42 Å². The fraction of sp³-hybridized carbons (Fsp3) is 0.438. The SMILES string of the molecule is Cc1ccc(C(=O)N2CC(c3nc(C(C)C)no3)C2)cc1. The summed E-state index contributed by atoms with van der Waals surface area (Å²) in [5.41, 5.74) is 1.88. The Morgan fingerprint density at radius 2 is 1.95 bits per heavy atom. The Labute approximate surface area is 124 Å². The van der Waals surface area contributed by atoms with Crippen molar-refractivity contribution in [2.24, 2.45) is 0 Å². The summed E-state index contributed by atoms with van der Waals surface area (Å²) in [5, 5.41) is 3.97. The maximum absolute atomic E-state index is 12.3. The lowest BCUT2D eigenvalue weighted by Gasteiger charge is -2.37. The van der Waals surface area contributed by atoms with Crippen LogP contribution in [0.3, 0.4) is 0 Å². The van der Waals surface area contributed by atoms with Gasteiger partial charge in [0, 0.05) is 24.6 Å². The Kier molecular flexibility index (Phi) is 3.49. The van der Waals surface area contributed by atoms with Crippen LogP contribution in [0.5, 0.6) is 0 Å². The van der Waals surface area contributed by atoms with Gasteiger partial charge in [-0.2, -0.15) is 4.98 Å². The van der Waals surface area contributed by atoms with Gasteiger partial charge in [-0.3, -0.25) is 4.79 Å². The van der Waals surface area contributed by atoms with E-state index in [1.54, 1.807) is 0 Å². The van der Waals surface area contributed by atoms with E-state index in [4.69, 9.17) is 4.52 Å². The Balaban J connectivity index is 1.62. The van der Waals surface area contributed by atoms with E-state index in [1.807, 2.05) is 49.9 Å². The van der Waals surface area contributed by atoms with Crippen LogP contribution < -0.4 is 0 Å². The Morgan fingerprint density at radius 1 is 1.29 bits per heavy atom. The molecular formula is C16H19N3O2. The van der Waals surface area contributed by atoms with E-state index in [-0.39, 0.29) is 17.7 Å². The average molecular weight is 285 g/mol. The van der Waals surface area contributed by atoms with Crippen molar-refractivity contribution in [1.82, 2.24) is 15.0 Å². The van der Waals surface area contributed by atoms with Crippen molar-refractivity contribution in [2.75, 3.05) is 13.1 Å². The summed E-state index contributed by atoms with van der Waals surface area (Å²) in [4.78, 5) is 18.5. The topological polar surface area (TPSA) is 59.2 Å². The summed E-state index contributed by atoms with van der Waals surface area (Å²) in [6.07, 6.45) is 0. The largest absolute Gasteiger partial charge is 0.339 e. The number of nitrogens with zero attached hydrogens (tertiary/aromatic N) is 3. The molecule has 110 valence electrons. The van der Waals surface area contributed by atoms with E-state index in [9.17, 15) is 4.79 Å². The minimum atomic E-state index is 0.0647. The summed E-state index contributed by atoms with van der Waals surface area (Å²) >= 11 is 0. The molecule has 2 aromatic rings. The third-order valence-corrected chi connectivity index (χ3v) is 3.79. The summed E-state index contributed by atoms with van der Waals surface area (Å²) in [7, 11) is 0. The van der Waals surface area contributed by atoms with Crippen molar-refractivity contribution >= 4 is 5.91 Å². The van der Waals surface area contributed by atoms with Crippen LogP contribution in [0.4, 0.5) is 0 Å². The molecule has 0 unspecified atom stereocenters. The minimum absolute atomic E-state index is 0.0647. The average Bonchev–Trinajstić information content (AvgIpc) is 2.87. The fourth-order valence-corrected chi connectivity index (χ4v) is 2.33. The first-order valence-corrected chi connectivity index (χ1v) is 7.24. The van der Waals surface area contributed by atoms with Crippen LogP contribution in [-0.4, -0.2) is 34.0 Å². The second-order valence-electron chi connectivity index (χ2n) is 5.92. The number of rotatable bonds is 3. The van der Waals surface area contributed by atoms with Crippen molar-refractivity contribution in [1.29, 1.82) is 0 Å². The van der Waals surface area contributed by atoms with Crippen molar-refractivity contribution in [3.05, 3.63) is 47.1 Å². The molecule has 21 heavy (non-hydrogen) atoms. The number of amides is 1. The number of aromatic nitrogens is 2. The number of benzene rings is 1. The highest BCUT2D eigenvalue weighted by Gasteiger charge is 2.36. The van der Waals surface area contributed by atoms with E-state index in [2.05, 4.69) is 10.1 Å². The molecule has 5 nitrogen and oxygen atoms in total. The highest BCUT2D eigenvalue weighted by atomic mass is 16.5. The lowest BCUT2D eigenvalue weighted by Crippen LogP contribution is -2.48. The fourth-order valence-electron chi connectivity index (χ4n) is 2.33. The maximum atomic E-state index is 12.3. The molecule has 1 fully saturated rings. The molecule has 0 N–H and O–H groups in total. The van der Waals surface area contributed by atoms with E-state index >= 15 is 0 Å². The monoisotopic (exact) mass is 285 g/mol. The van der Waals surface area contributed by atoms with E-state index < -0.39 is 0 Å². The van der Waals surface area contributed by atoms with Crippen molar-refractivity contribution in [3.63, 3.8) is 0 Å². The Hall–Kier alpha value is -2.17. The van der Waals surface area contributed by atoms with Gasteiger partial charge in [0.15, 0.2) is 5.82 Å². The van der Waals surface area contributed by atoms with Gasteiger partial charge in [0.1, 0.15) is 0 Å². The van der Waals surface area contributed by atoms with Crippen LogP contribution in [-0.2, 0) is 0 Å². The number of hydrogen-bond acceptors (Lipinski definition) is 4. The second-order valence-corrected chi connectivity index (χ2v) is 5.92. The molecule has 0 atom stereocenters. The van der Waals surface area contributed by atoms with E-state index in [0.717, 1.165) is 17.0 Å². The van der Waals surface area contributed by atoms with Crippen LogP contribution >= 0.6 is 0 Å². The lowest BCUT2D eigenvalue weighted by molar-refractivity contribution is 0.0569. The molecule has 2 heterocycles. The molecule has 1 amide bonds.